The van der Waals surface area contributed by atoms with Gasteiger partial charge in [-0.3, -0.25) is 9.59 Å². The van der Waals surface area contributed by atoms with Gasteiger partial charge < -0.3 is 10.3 Å². The van der Waals surface area contributed by atoms with Crippen LogP contribution in [0.25, 0.3) is 10.9 Å². The molecule has 0 radical (unpaired) electrons. The number of fused-ring (bicyclic) bond motifs is 2. The molecular weight excluding hydrogens is 420 g/mol. The molecular formula is C30H40N2O2. The first kappa shape index (κ1) is 25.7. The maximum atomic E-state index is 11.3. The molecule has 4 rings (SSSR count). The van der Waals surface area contributed by atoms with Crippen molar-refractivity contribution in [3.63, 3.8) is 0 Å². The van der Waals surface area contributed by atoms with Gasteiger partial charge >= 0.3 is 0 Å². The predicted molar refractivity (Wildman–Crippen MR) is 144 cm³/mol. The molecule has 0 saturated heterocycles. The number of carbonyl (C=O) groups is 1. The number of aromatic amines is 1. The van der Waals surface area contributed by atoms with Crippen molar-refractivity contribution in [2.75, 3.05) is 5.32 Å². The van der Waals surface area contributed by atoms with Gasteiger partial charge in [0.1, 0.15) is 0 Å². The maximum Gasteiger partial charge on any atom is 0.248 e. The van der Waals surface area contributed by atoms with E-state index in [2.05, 4.69) is 60.5 Å². The quantitative estimate of drug-likeness (QED) is 0.311. The Bertz CT molecular complexity index is 1120. The van der Waals surface area contributed by atoms with Crippen molar-refractivity contribution in [1.82, 2.24) is 4.98 Å². The highest BCUT2D eigenvalue weighted by atomic mass is 16.1. The van der Waals surface area contributed by atoms with Crippen molar-refractivity contribution < 1.29 is 4.79 Å². The van der Waals surface area contributed by atoms with E-state index >= 15 is 0 Å². The van der Waals surface area contributed by atoms with E-state index in [1.807, 2.05) is 6.07 Å². The summed E-state index contributed by atoms with van der Waals surface area (Å²) in [5.41, 5.74) is 5.90. The third-order valence-electron chi connectivity index (χ3n) is 6.50. The molecule has 2 aromatic carbocycles. The Morgan fingerprint density at radius 2 is 1.35 bits per heavy atom. The molecule has 3 aromatic rings. The molecule has 0 spiro atoms. The molecule has 1 aromatic heterocycles. The van der Waals surface area contributed by atoms with Gasteiger partial charge in [0.05, 0.1) is 0 Å². The van der Waals surface area contributed by atoms with Crippen LogP contribution in [0, 0.1) is 0 Å². The van der Waals surface area contributed by atoms with E-state index in [1.165, 1.54) is 68.1 Å². The number of H-pyrrole nitrogens is 1. The zero-order valence-electron chi connectivity index (χ0n) is 20.9. The normalized spacial score (nSPS) is 12.6. The minimum absolute atomic E-state index is 0.0272. The summed E-state index contributed by atoms with van der Waals surface area (Å²) in [5, 5.41) is 4.06. The Morgan fingerprint density at radius 3 is 2.06 bits per heavy atom. The van der Waals surface area contributed by atoms with Crippen LogP contribution in [-0.4, -0.2) is 10.9 Å². The summed E-state index contributed by atoms with van der Waals surface area (Å²) in [6, 6.07) is 16.3. The molecule has 4 nitrogen and oxygen atoms in total. The number of pyridine rings is 1. The number of anilines is 1. The van der Waals surface area contributed by atoms with Crippen molar-refractivity contribution in [3.05, 3.63) is 75.6 Å². The molecule has 2 heterocycles. The average Bonchev–Trinajstić information content (AvgIpc) is 2.84. The number of rotatable bonds is 10. The van der Waals surface area contributed by atoms with E-state index in [0.717, 1.165) is 35.9 Å². The zero-order chi connectivity index (χ0) is 24.2. The van der Waals surface area contributed by atoms with Gasteiger partial charge in [0.15, 0.2) is 0 Å². The summed E-state index contributed by atoms with van der Waals surface area (Å²) < 4.78 is 0. The summed E-state index contributed by atoms with van der Waals surface area (Å²) in [5.74, 6) is 0.153. The Balaban J connectivity index is 0.000000191. The molecule has 1 aliphatic rings. The number of hydrogen-bond acceptors (Lipinski definition) is 2. The molecule has 1 amide bonds. The highest BCUT2D eigenvalue weighted by Gasteiger charge is 2.14. The van der Waals surface area contributed by atoms with Gasteiger partial charge in [-0.1, -0.05) is 76.6 Å². The second-order valence-corrected chi connectivity index (χ2v) is 9.41. The van der Waals surface area contributed by atoms with E-state index in [-0.39, 0.29) is 11.5 Å². The summed E-state index contributed by atoms with van der Waals surface area (Å²) >= 11 is 0. The van der Waals surface area contributed by atoms with Gasteiger partial charge in [-0.25, -0.2) is 0 Å². The van der Waals surface area contributed by atoms with Gasteiger partial charge in [-0.2, -0.15) is 0 Å². The van der Waals surface area contributed by atoms with Gasteiger partial charge in [0.25, 0.3) is 0 Å². The van der Waals surface area contributed by atoms with Crippen LogP contribution in [0.15, 0.2) is 53.3 Å². The fraction of sp³-hybridized carbons (Fsp3) is 0.467. The number of unbranched alkanes of at least 4 members (excludes halogenated alkanes) is 6. The summed E-state index contributed by atoms with van der Waals surface area (Å²) in [6.45, 7) is 4.45. The first-order chi connectivity index (χ1) is 16.6. The van der Waals surface area contributed by atoms with Crippen LogP contribution in [0.1, 0.15) is 88.3 Å². The molecule has 2 N–H and O–H groups in total. The molecule has 182 valence electrons. The number of aromatic nitrogens is 1. The van der Waals surface area contributed by atoms with Crippen LogP contribution in [0.5, 0.6) is 0 Å². The fourth-order valence-electron chi connectivity index (χ4n) is 4.44. The molecule has 0 atom stereocenters. The van der Waals surface area contributed by atoms with Crippen molar-refractivity contribution in [1.29, 1.82) is 0 Å². The van der Waals surface area contributed by atoms with Crippen molar-refractivity contribution in [3.8, 4) is 0 Å². The molecule has 1 aliphatic heterocycles. The fourth-order valence-corrected chi connectivity index (χ4v) is 4.44. The van der Waals surface area contributed by atoms with Crippen LogP contribution in [-0.2, 0) is 24.1 Å². The minimum atomic E-state index is -0.0272. The zero-order valence-corrected chi connectivity index (χ0v) is 20.9. The average molecular weight is 461 g/mol. The van der Waals surface area contributed by atoms with Crippen molar-refractivity contribution in [2.24, 2.45) is 0 Å². The maximum absolute atomic E-state index is 11.3. The van der Waals surface area contributed by atoms with Gasteiger partial charge in [0, 0.05) is 23.7 Å². The lowest BCUT2D eigenvalue weighted by molar-refractivity contribution is -0.116. The second-order valence-electron chi connectivity index (χ2n) is 9.41. The Morgan fingerprint density at radius 1 is 0.706 bits per heavy atom. The van der Waals surface area contributed by atoms with Crippen LogP contribution in [0.2, 0.25) is 0 Å². The van der Waals surface area contributed by atoms with Crippen LogP contribution in [0.4, 0.5) is 5.69 Å². The van der Waals surface area contributed by atoms with Gasteiger partial charge in [-0.15, -0.1) is 0 Å². The van der Waals surface area contributed by atoms with E-state index in [0.29, 0.717) is 6.42 Å². The third kappa shape index (κ3) is 8.16. The number of carbonyl (C=O) groups excluding carboxylic acids is 1. The summed E-state index contributed by atoms with van der Waals surface area (Å²) in [7, 11) is 0. The lowest BCUT2D eigenvalue weighted by atomic mass is 9.98. The molecule has 0 saturated carbocycles. The van der Waals surface area contributed by atoms with E-state index in [1.54, 1.807) is 6.07 Å². The highest BCUT2D eigenvalue weighted by Crippen LogP contribution is 2.24. The number of nitrogens with one attached hydrogen (secondary N) is 2. The number of benzene rings is 2. The summed E-state index contributed by atoms with van der Waals surface area (Å²) in [6.07, 6.45) is 14.0. The molecule has 0 aliphatic carbocycles. The smallest absolute Gasteiger partial charge is 0.248 e. The van der Waals surface area contributed by atoms with E-state index < -0.39 is 0 Å². The lowest BCUT2D eigenvalue weighted by Gasteiger charge is -2.17. The third-order valence-corrected chi connectivity index (χ3v) is 6.50. The van der Waals surface area contributed by atoms with E-state index in [9.17, 15) is 9.59 Å². The Kier molecular flexibility index (Phi) is 10.4. The number of hydrogen-bond donors (Lipinski definition) is 2. The molecule has 0 unspecified atom stereocenters. The topological polar surface area (TPSA) is 62.0 Å². The van der Waals surface area contributed by atoms with Crippen LogP contribution in [0.3, 0.4) is 0 Å². The van der Waals surface area contributed by atoms with Gasteiger partial charge in [-0.05, 0) is 72.4 Å². The van der Waals surface area contributed by atoms with Crippen molar-refractivity contribution in [2.45, 2.75) is 90.9 Å². The van der Waals surface area contributed by atoms with E-state index in [4.69, 9.17) is 0 Å². The van der Waals surface area contributed by atoms with Crippen LogP contribution >= 0.6 is 0 Å². The first-order valence-corrected chi connectivity index (χ1v) is 13.1. The van der Waals surface area contributed by atoms with Crippen molar-refractivity contribution >= 4 is 22.5 Å². The summed E-state index contributed by atoms with van der Waals surface area (Å²) in [4.78, 5) is 25.4. The first-order valence-electron chi connectivity index (χ1n) is 13.1. The molecule has 34 heavy (non-hydrogen) atoms. The molecule has 0 fully saturated rings. The highest BCUT2D eigenvalue weighted by molar-refractivity contribution is 5.94. The predicted octanol–water partition coefficient (Wildman–Crippen LogP) is 7.35. The standard InChI is InChI=1S/C15H21NO.C15H19NO/c2*1-2-3-4-5-6-12-7-8-13-9-10-15(17)16-14(13)11-12/h7-8,11H,2-6,9-10H2,1H3,(H,16,17);7-11H,2-6H2,1H3,(H,16,17). The minimum Gasteiger partial charge on any atom is -0.326 e. The SMILES string of the molecule is CCCCCCc1ccc2c(c1)NC(=O)CC2.CCCCCCc1ccc2ccc(=O)[nH]c2c1. The Labute approximate surface area is 204 Å². The second kappa shape index (κ2) is 13.7. The van der Waals surface area contributed by atoms with Crippen LogP contribution < -0.4 is 10.9 Å². The molecule has 0 bridgehead atoms. The Hall–Kier alpha value is -2.88. The lowest BCUT2D eigenvalue weighted by Crippen LogP contribution is -2.18. The number of aryl methyl sites for hydroxylation is 3. The molecule has 4 heteroatoms. The number of amides is 1. The monoisotopic (exact) mass is 460 g/mol. The van der Waals surface area contributed by atoms with Gasteiger partial charge in [0.2, 0.25) is 11.5 Å². The largest absolute Gasteiger partial charge is 0.326 e.